The van der Waals surface area contributed by atoms with Gasteiger partial charge in [0.1, 0.15) is 11.4 Å². The largest absolute Gasteiger partial charge is 0.486 e. The number of carbonyl (C=O) groups excluding carboxylic acids is 2. The van der Waals surface area contributed by atoms with E-state index in [1.165, 1.54) is 18.7 Å². The second kappa shape index (κ2) is 9.48. The first-order valence-electron chi connectivity index (χ1n) is 11.0. The van der Waals surface area contributed by atoms with Gasteiger partial charge >= 0.3 is 5.97 Å². The number of ether oxygens (including phenoxy) is 2. The summed E-state index contributed by atoms with van der Waals surface area (Å²) in [5.74, 6) is 0.353. The molecule has 31 heavy (non-hydrogen) atoms. The summed E-state index contributed by atoms with van der Waals surface area (Å²) in [6.07, 6.45) is 7.39. The lowest BCUT2D eigenvalue weighted by atomic mass is 9.82. The van der Waals surface area contributed by atoms with Crippen LogP contribution in [0.25, 0.3) is 6.08 Å². The number of fused-ring (bicyclic) bond motifs is 1. The van der Waals surface area contributed by atoms with Crippen LogP contribution in [0.15, 0.2) is 54.6 Å². The van der Waals surface area contributed by atoms with Gasteiger partial charge in [0.05, 0.1) is 19.1 Å². The number of hydrogen-bond acceptors (Lipinski definition) is 5. The third-order valence-electron chi connectivity index (χ3n) is 6.28. The van der Waals surface area contributed by atoms with Crippen LogP contribution < -0.4 is 4.74 Å². The molecule has 2 aromatic carbocycles. The zero-order valence-corrected chi connectivity index (χ0v) is 18.0. The molecule has 5 nitrogen and oxygen atoms in total. The van der Waals surface area contributed by atoms with Gasteiger partial charge in [0, 0.05) is 32.0 Å². The smallest absolute Gasteiger partial charge is 0.330 e. The molecule has 2 aliphatic heterocycles. The Kier molecular flexibility index (Phi) is 6.52. The molecule has 2 aromatic rings. The number of likely N-dealkylation sites (tertiary alicyclic amines) is 1. The second-order valence-corrected chi connectivity index (χ2v) is 8.43. The van der Waals surface area contributed by atoms with Gasteiger partial charge in [-0.25, -0.2) is 4.79 Å². The summed E-state index contributed by atoms with van der Waals surface area (Å²) in [6, 6.07) is 16.1. The number of carbonyl (C=O) groups is 2. The zero-order chi connectivity index (χ0) is 21.7. The van der Waals surface area contributed by atoms with Crippen LogP contribution in [0.3, 0.4) is 0 Å². The molecule has 0 unspecified atom stereocenters. The molecule has 2 heterocycles. The summed E-state index contributed by atoms with van der Waals surface area (Å²) in [7, 11) is 1.34. The van der Waals surface area contributed by atoms with Crippen molar-refractivity contribution in [3.63, 3.8) is 0 Å². The average Bonchev–Trinajstić information content (AvgIpc) is 2.80. The van der Waals surface area contributed by atoms with E-state index in [1.807, 2.05) is 12.1 Å². The minimum atomic E-state index is -0.422. The number of aryl methyl sites for hydroxylation is 1. The number of piperidine rings is 1. The van der Waals surface area contributed by atoms with Crippen LogP contribution in [0, 0.1) is 0 Å². The summed E-state index contributed by atoms with van der Waals surface area (Å²) >= 11 is 0. The fourth-order valence-corrected chi connectivity index (χ4v) is 4.46. The van der Waals surface area contributed by atoms with Gasteiger partial charge in [0.25, 0.3) is 0 Å². The molecule has 5 heteroatoms. The zero-order valence-electron chi connectivity index (χ0n) is 18.0. The summed E-state index contributed by atoms with van der Waals surface area (Å²) < 4.78 is 11.0. The molecule has 0 bridgehead atoms. The maximum absolute atomic E-state index is 12.9. The second-order valence-electron chi connectivity index (χ2n) is 8.43. The van der Waals surface area contributed by atoms with Gasteiger partial charge in [-0.2, -0.15) is 0 Å². The van der Waals surface area contributed by atoms with Crippen molar-refractivity contribution in [3.8, 4) is 5.75 Å². The van der Waals surface area contributed by atoms with Crippen molar-refractivity contribution in [1.29, 1.82) is 0 Å². The molecule has 0 N–H and O–H groups in total. The van der Waals surface area contributed by atoms with E-state index in [9.17, 15) is 9.59 Å². The Morgan fingerprint density at radius 1 is 1.16 bits per heavy atom. The number of esters is 1. The molecule has 0 saturated carbocycles. The summed E-state index contributed by atoms with van der Waals surface area (Å²) in [5.41, 5.74) is 2.38. The molecule has 0 aromatic heterocycles. The fourth-order valence-electron chi connectivity index (χ4n) is 4.46. The molecule has 162 valence electrons. The normalized spacial score (nSPS) is 18.0. The van der Waals surface area contributed by atoms with Crippen molar-refractivity contribution in [2.75, 3.05) is 26.7 Å². The first-order chi connectivity index (χ1) is 15.1. The number of hydrogen-bond donors (Lipinski definition) is 0. The summed E-state index contributed by atoms with van der Waals surface area (Å²) in [4.78, 5) is 26.7. The first-order valence-corrected chi connectivity index (χ1v) is 11.0. The third-order valence-corrected chi connectivity index (χ3v) is 6.28. The lowest BCUT2D eigenvalue weighted by Gasteiger charge is -2.44. The van der Waals surface area contributed by atoms with Crippen LogP contribution in [-0.2, 0) is 16.0 Å². The number of methoxy groups -OCH3 is 1. The number of Topliss-reactive ketones (excluding diaryl/α,β-unsaturated/α-hetero) is 1. The Balaban J connectivity index is 1.33. The highest BCUT2D eigenvalue weighted by Gasteiger charge is 2.42. The van der Waals surface area contributed by atoms with Gasteiger partial charge in [-0.1, -0.05) is 36.4 Å². The molecule has 0 atom stereocenters. The average molecular weight is 420 g/mol. The fraction of sp³-hybridized carbons (Fsp3) is 0.385. The number of benzene rings is 2. The van der Waals surface area contributed by atoms with Crippen LogP contribution in [0.5, 0.6) is 5.75 Å². The Bertz CT molecular complexity index is 959. The van der Waals surface area contributed by atoms with Crippen LogP contribution in [0.2, 0.25) is 0 Å². The van der Waals surface area contributed by atoms with Crippen LogP contribution in [-0.4, -0.2) is 49.0 Å². The summed E-state index contributed by atoms with van der Waals surface area (Å²) in [5, 5.41) is 0. The Hall–Kier alpha value is -2.92. The van der Waals surface area contributed by atoms with Crippen molar-refractivity contribution >= 4 is 17.8 Å². The van der Waals surface area contributed by atoms with E-state index in [1.54, 1.807) is 12.1 Å². The van der Waals surface area contributed by atoms with E-state index >= 15 is 0 Å². The van der Waals surface area contributed by atoms with Crippen molar-refractivity contribution in [2.24, 2.45) is 0 Å². The van der Waals surface area contributed by atoms with Crippen LogP contribution in [0.1, 0.15) is 47.2 Å². The highest BCUT2D eigenvalue weighted by molar-refractivity contribution is 6.01. The van der Waals surface area contributed by atoms with E-state index in [0.29, 0.717) is 17.7 Å². The van der Waals surface area contributed by atoms with Crippen molar-refractivity contribution in [3.05, 3.63) is 71.3 Å². The topological polar surface area (TPSA) is 55.8 Å². The standard InChI is InChI=1S/C26H29NO4/c1-30-25(29)12-10-21-9-11-24-22(18-21)23(28)19-26(31-24)13-16-27(17-14-26)15-5-8-20-6-3-2-4-7-20/h2-4,6-7,9-12,18H,5,8,13-17,19H2,1H3. The highest BCUT2D eigenvalue weighted by atomic mass is 16.5. The predicted octanol–water partition coefficient (Wildman–Crippen LogP) is 4.31. The molecule has 1 saturated heterocycles. The quantitative estimate of drug-likeness (QED) is 0.516. The van der Waals surface area contributed by atoms with E-state index in [2.05, 4.69) is 40.0 Å². The lowest BCUT2D eigenvalue weighted by Crippen LogP contribution is -2.51. The monoisotopic (exact) mass is 419 g/mol. The van der Waals surface area contributed by atoms with Gasteiger partial charge in [0.2, 0.25) is 0 Å². The first kappa shape index (κ1) is 21.3. The number of rotatable bonds is 6. The van der Waals surface area contributed by atoms with E-state index in [4.69, 9.17) is 4.74 Å². The van der Waals surface area contributed by atoms with Crippen LogP contribution in [0.4, 0.5) is 0 Å². The van der Waals surface area contributed by atoms with Gasteiger partial charge in [0.15, 0.2) is 5.78 Å². The molecular formula is C26H29NO4. The molecule has 0 amide bonds. The number of ketones is 1. The van der Waals surface area contributed by atoms with Crippen molar-refractivity contribution in [1.82, 2.24) is 4.90 Å². The minimum absolute atomic E-state index is 0.118. The molecule has 1 fully saturated rings. The van der Waals surface area contributed by atoms with Gasteiger partial charge in [-0.15, -0.1) is 0 Å². The van der Waals surface area contributed by atoms with Crippen LogP contribution >= 0.6 is 0 Å². The van der Waals surface area contributed by atoms with Gasteiger partial charge in [-0.05, 0) is 48.7 Å². The van der Waals surface area contributed by atoms with E-state index in [0.717, 1.165) is 50.9 Å². The molecule has 4 rings (SSSR count). The predicted molar refractivity (Wildman–Crippen MR) is 120 cm³/mol. The molecule has 0 aliphatic carbocycles. The van der Waals surface area contributed by atoms with E-state index < -0.39 is 5.97 Å². The maximum Gasteiger partial charge on any atom is 0.330 e. The molecule has 1 spiro atoms. The molecular weight excluding hydrogens is 390 g/mol. The van der Waals surface area contributed by atoms with Crippen molar-refractivity contribution in [2.45, 2.75) is 37.7 Å². The lowest BCUT2D eigenvalue weighted by molar-refractivity contribution is -0.134. The maximum atomic E-state index is 12.9. The third kappa shape index (κ3) is 5.23. The van der Waals surface area contributed by atoms with Gasteiger partial charge in [-0.3, -0.25) is 4.79 Å². The molecule has 2 aliphatic rings. The Labute approximate surface area is 183 Å². The number of nitrogens with zero attached hydrogens (tertiary/aromatic N) is 1. The van der Waals surface area contributed by atoms with Crippen molar-refractivity contribution < 1.29 is 19.1 Å². The Morgan fingerprint density at radius 2 is 1.94 bits per heavy atom. The van der Waals surface area contributed by atoms with Gasteiger partial charge < -0.3 is 14.4 Å². The molecule has 0 radical (unpaired) electrons. The van der Waals surface area contributed by atoms with E-state index in [-0.39, 0.29) is 11.4 Å². The summed E-state index contributed by atoms with van der Waals surface area (Å²) in [6.45, 7) is 2.99. The minimum Gasteiger partial charge on any atom is -0.486 e. The SMILES string of the molecule is COC(=O)C=Cc1ccc2c(c1)C(=O)CC1(CCN(CCCc3ccccc3)CC1)O2. The Morgan fingerprint density at radius 3 is 2.68 bits per heavy atom. The highest BCUT2D eigenvalue weighted by Crippen LogP contribution is 2.39.